The number of fused-ring (bicyclic) bond motifs is 1. The van der Waals surface area contributed by atoms with Gasteiger partial charge in [-0.25, -0.2) is 4.98 Å². The van der Waals surface area contributed by atoms with Crippen LogP contribution in [0.2, 0.25) is 0 Å². The van der Waals surface area contributed by atoms with Gasteiger partial charge in [0.25, 0.3) is 0 Å². The van der Waals surface area contributed by atoms with Gasteiger partial charge in [-0.05, 0) is 37.6 Å². The minimum atomic E-state index is -0.825. The topological polar surface area (TPSA) is 42.4 Å². The van der Waals surface area contributed by atoms with E-state index in [1.54, 1.807) is 21.0 Å². The highest BCUT2D eigenvalue weighted by Crippen LogP contribution is 2.24. The Balaban J connectivity index is 2.56. The fourth-order valence-electron chi connectivity index (χ4n) is 1.60. The van der Waals surface area contributed by atoms with E-state index in [9.17, 15) is 5.11 Å². The Kier molecular flexibility index (Phi) is 2.56. The Bertz CT molecular complexity index is 515. The van der Waals surface area contributed by atoms with Crippen LogP contribution in [0.15, 0.2) is 30.3 Å². The molecule has 1 N–H and O–H groups in total. The molecule has 0 amide bonds. The maximum Gasteiger partial charge on any atom is 0.213 e. The molecular formula is C13H15NO2. The SMILES string of the molecule is COc1ccc2cc(C(C)(C)O)ccc2n1. The van der Waals surface area contributed by atoms with Gasteiger partial charge in [-0.3, -0.25) is 0 Å². The molecule has 0 spiro atoms. The molecule has 16 heavy (non-hydrogen) atoms. The number of hydrogen-bond donors (Lipinski definition) is 1. The monoisotopic (exact) mass is 217 g/mol. The lowest BCUT2D eigenvalue weighted by Crippen LogP contribution is -2.15. The van der Waals surface area contributed by atoms with Crippen LogP contribution in [0.5, 0.6) is 5.88 Å². The van der Waals surface area contributed by atoms with Gasteiger partial charge in [-0.2, -0.15) is 0 Å². The summed E-state index contributed by atoms with van der Waals surface area (Å²) in [5, 5.41) is 10.9. The first kappa shape index (κ1) is 10.9. The van der Waals surface area contributed by atoms with Gasteiger partial charge in [0.1, 0.15) is 0 Å². The van der Waals surface area contributed by atoms with Gasteiger partial charge < -0.3 is 9.84 Å². The summed E-state index contributed by atoms with van der Waals surface area (Å²) in [5.74, 6) is 0.600. The molecule has 2 aromatic rings. The number of benzene rings is 1. The van der Waals surface area contributed by atoms with E-state index in [0.717, 1.165) is 16.5 Å². The summed E-state index contributed by atoms with van der Waals surface area (Å²) in [7, 11) is 1.60. The molecule has 0 unspecified atom stereocenters. The van der Waals surface area contributed by atoms with Crippen molar-refractivity contribution in [1.82, 2.24) is 4.98 Å². The highest BCUT2D eigenvalue weighted by molar-refractivity contribution is 5.80. The van der Waals surface area contributed by atoms with Crippen molar-refractivity contribution in [3.05, 3.63) is 35.9 Å². The minimum Gasteiger partial charge on any atom is -0.481 e. The normalized spacial score (nSPS) is 11.8. The first-order valence-corrected chi connectivity index (χ1v) is 5.18. The van der Waals surface area contributed by atoms with E-state index in [1.165, 1.54) is 0 Å². The van der Waals surface area contributed by atoms with Crippen LogP contribution in [0, 0.1) is 0 Å². The summed E-state index contributed by atoms with van der Waals surface area (Å²) in [5.41, 5.74) is 0.924. The van der Waals surface area contributed by atoms with Gasteiger partial charge in [-0.15, -0.1) is 0 Å². The van der Waals surface area contributed by atoms with Crippen molar-refractivity contribution in [3.63, 3.8) is 0 Å². The maximum absolute atomic E-state index is 9.90. The molecule has 2 rings (SSSR count). The van der Waals surface area contributed by atoms with E-state index in [2.05, 4.69) is 4.98 Å². The van der Waals surface area contributed by atoms with Crippen LogP contribution in [-0.4, -0.2) is 17.2 Å². The van der Waals surface area contributed by atoms with Gasteiger partial charge >= 0.3 is 0 Å². The van der Waals surface area contributed by atoms with Crippen LogP contribution in [0.25, 0.3) is 10.9 Å². The molecule has 0 radical (unpaired) electrons. The largest absolute Gasteiger partial charge is 0.481 e. The Morgan fingerprint density at radius 2 is 1.94 bits per heavy atom. The maximum atomic E-state index is 9.90. The van der Waals surface area contributed by atoms with Crippen LogP contribution in [-0.2, 0) is 5.60 Å². The van der Waals surface area contributed by atoms with Crippen LogP contribution in [0.3, 0.4) is 0 Å². The lowest BCUT2D eigenvalue weighted by molar-refractivity contribution is 0.0787. The second kappa shape index (κ2) is 3.76. The Labute approximate surface area is 94.7 Å². The summed E-state index contributed by atoms with van der Waals surface area (Å²) >= 11 is 0. The quantitative estimate of drug-likeness (QED) is 0.840. The fraction of sp³-hybridized carbons (Fsp3) is 0.308. The fourth-order valence-corrected chi connectivity index (χ4v) is 1.60. The van der Waals surface area contributed by atoms with Crippen LogP contribution < -0.4 is 4.74 Å². The zero-order chi connectivity index (χ0) is 11.8. The molecule has 0 aliphatic rings. The van der Waals surface area contributed by atoms with Gasteiger partial charge in [0, 0.05) is 11.5 Å². The van der Waals surface area contributed by atoms with Crippen LogP contribution in [0.4, 0.5) is 0 Å². The van der Waals surface area contributed by atoms with E-state index in [4.69, 9.17) is 4.74 Å². The number of ether oxygens (including phenoxy) is 1. The number of aromatic nitrogens is 1. The molecule has 1 heterocycles. The third-order valence-corrected chi connectivity index (χ3v) is 2.58. The van der Waals surface area contributed by atoms with Crippen molar-refractivity contribution >= 4 is 10.9 Å². The summed E-state index contributed by atoms with van der Waals surface area (Å²) in [6.07, 6.45) is 0. The van der Waals surface area contributed by atoms with Crippen molar-refractivity contribution in [1.29, 1.82) is 0 Å². The first-order chi connectivity index (χ1) is 7.50. The average Bonchev–Trinajstić information content (AvgIpc) is 2.26. The van der Waals surface area contributed by atoms with E-state index in [1.807, 2.05) is 30.3 Å². The van der Waals surface area contributed by atoms with Crippen molar-refractivity contribution < 1.29 is 9.84 Å². The molecule has 0 aliphatic heterocycles. The van der Waals surface area contributed by atoms with Gasteiger partial charge in [-0.1, -0.05) is 6.07 Å². The molecule has 84 valence electrons. The smallest absolute Gasteiger partial charge is 0.213 e. The summed E-state index contributed by atoms with van der Waals surface area (Å²) in [6, 6.07) is 9.48. The minimum absolute atomic E-state index is 0.600. The van der Waals surface area contributed by atoms with E-state index < -0.39 is 5.60 Å². The number of pyridine rings is 1. The van der Waals surface area contributed by atoms with Crippen molar-refractivity contribution in [2.75, 3.05) is 7.11 Å². The highest BCUT2D eigenvalue weighted by Gasteiger charge is 2.16. The first-order valence-electron chi connectivity index (χ1n) is 5.18. The molecule has 0 fully saturated rings. The highest BCUT2D eigenvalue weighted by atomic mass is 16.5. The molecule has 0 saturated heterocycles. The van der Waals surface area contributed by atoms with E-state index >= 15 is 0 Å². The molecule has 1 aromatic carbocycles. The van der Waals surface area contributed by atoms with Crippen molar-refractivity contribution in [2.45, 2.75) is 19.4 Å². The Hall–Kier alpha value is -1.61. The van der Waals surface area contributed by atoms with Crippen LogP contribution in [0.1, 0.15) is 19.4 Å². The van der Waals surface area contributed by atoms with Gasteiger partial charge in [0.2, 0.25) is 5.88 Å². The summed E-state index contributed by atoms with van der Waals surface area (Å²) < 4.78 is 5.06. The third kappa shape index (κ3) is 1.99. The van der Waals surface area contributed by atoms with Crippen molar-refractivity contribution in [2.24, 2.45) is 0 Å². The number of methoxy groups -OCH3 is 1. The Morgan fingerprint density at radius 3 is 2.56 bits per heavy atom. The molecule has 3 heteroatoms. The molecular weight excluding hydrogens is 202 g/mol. The molecule has 0 atom stereocenters. The lowest BCUT2D eigenvalue weighted by Gasteiger charge is -2.18. The standard InChI is InChI=1S/C13H15NO2/c1-13(2,15)10-5-6-11-9(8-10)4-7-12(14-11)16-3/h4-8,15H,1-3H3. The summed E-state index contributed by atoms with van der Waals surface area (Å²) in [4.78, 5) is 4.31. The lowest BCUT2D eigenvalue weighted by atomic mass is 9.97. The zero-order valence-electron chi connectivity index (χ0n) is 9.69. The van der Waals surface area contributed by atoms with Crippen LogP contribution >= 0.6 is 0 Å². The molecule has 3 nitrogen and oxygen atoms in total. The third-order valence-electron chi connectivity index (χ3n) is 2.58. The number of hydrogen-bond acceptors (Lipinski definition) is 3. The van der Waals surface area contributed by atoms with E-state index in [-0.39, 0.29) is 0 Å². The number of rotatable bonds is 2. The summed E-state index contributed by atoms with van der Waals surface area (Å²) in [6.45, 7) is 3.54. The Morgan fingerprint density at radius 1 is 1.19 bits per heavy atom. The van der Waals surface area contributed by atoms with Gasteiger partial charge in [0.05, 0.1) is 18.2 Å². The molecule has 0 aliphatic carbocycles. The average molecular weight is 217 g/mol. The molecule has 1 aromatic heterocycles. The van der Waals surface area contributed by atoms with E-state index in [0.29, 0.717) is 5.88 Å². The second-order valence-electron chi connectivity index (χ2n) is 4.32. The second-order valence-corrected chi connectivity index (χ2v) is 4.32. The predicted octanol–water partition coefficient (Wildman–Crippen LogP) is 2.47. The number of aliphatic hydroxyl groups is 1. The van der Waals surface area contributed by atoms with Crippen molar-refractivity contribution in [3.8, 4) is 5.88 Å². The molecule has 0 saturated carbocycles. The number of nitrogens with zero attached hydrogens (tertiary/aromatic N) is 1. The zero-order valence-corrected chi connectivity index (χ0v) is 9.69. The molecule has 0 bridgehead atoms. The predicted molar refractivity (Wildman–Crippen MR) is 63.5 cm³/mol. The van der Waals surface area contributed by atoms with Gasteiger partial charge in [0.15, 0.2) is 0 Å².